The number of alkyl carbamates (subject to hydrolysis) is 1. The average Bonchev–Trinajstić information content (AvgIpc) is 2.94. The molecule has 216 valence electrons. The third kappa shape index (κ3) is 8.09. The number of hydrogen-bond donors (Lipinski definition) is 3. The number of carbonyl (C=O) groups is 3. The van der Waals surface area contributed by atoms with Crippen LogP contribution in [0.5, 0.6) is 0 Å². The summed E-state index contributed by atoms with van der Waals surface area (Å²) >= 11 is 0. The fraction of sp³-hybridized carbons (Fsp3) is 0.364. The van der Waals surface area contributed by atoms with Gasteiger partial charge in [0.1, 0.15) is 17.7 Å². The predicted molar refractivity (Wildman–Crippen MR) is 161 cm³/mol. The van der Waals surface area contributed by atoms with E-state index in [0.717, 1.165) is 10.8 Å². The highest BCUT2D eigenvalue weighted by Crippen LogP contribution is 2.29. The number of terminal acetylenes is 1. The normalized spacial score (nSPS) is 13.4. The number of ether oxygens (including phenoxy) is 1. The smallest absolute Gasteiger partial charge is 0.408 e. The highest BCUT2D eigenvalue weighted by molar-refractivity contribution is 6.00. The first-order valence-corrected chi connectivity index (χ1v) is 13.7. The molecule has 0 bridgehead atoms. The molecule has 3 unspecified atom stereocenters. The topological polar surface area (TPSA) is 108 Å². The number of rotatable bonds is 10. The van der Waals surface area contributed by atoms with Crippen molar-refractivity contribution in [3.63, 3.8) is 0 Å². The van der Waals surface area contributed by atoms with Crippen molar-refractivity contribution in [2.24, 2.45) is 5.92 Å². The lowest BCUT2D eigenvalue weighted by molar-refractivity contribution is -0.142. The number of amides is 3. The largest absolute Gasteiger partial charge is 0.444 e. The molecule has 0 fully saturated rings. The zero-order valence-corrected chi connectivity index (χ0v) is 24.3. The monoisotopic (exact) mass is 557 g/mol. The van der Waals surface area contributed by atoms with Gasteiger partial charge in [-0.05, 0) is 61.2 Å². The molecule has 0 aliphatic rings. The second kappa shape index (κ2) is 13.8. The Morgan fingerprint density at radius 1 is 1.02 bits per heavy atom. The summed E-state index contributed by atoms with van der Waals surface area (Å²) in [5.74, 6) is 1.26. The number of fused-ring (bicyclic) bond motifs is 1. The van der Waals surface area contributed by atoms with Crippen LogP contribution in [0.15, 0.2) is 66.7 Å². The van der Waals surface area contributed by atoms with Gasteiger partial charge in [0.25, 0.3) is 5.91 Å². The Labute approximate surface area is 242 Å². The Morgan fingerprint density at radius 3 is 2.32 bits per heavy atom. The van der Waals surface area contributed by atoms with E-state index >= 15 is 0 Å². The number of aliphatic hydroxyl groups is 1. The lowest BCUT2D eigenvalue weighted by Crippen LogP contribution is -2.55. The SMILES string of the molecule is C#Cc1ccccc1C(C(=O)Nc1ccc2ccccc2c1)N(CCO)C(=O)C(NC(=O)OC(C)(C)C)C(C)CC. The van der Waals surface area contributed by atoms with Crippen LogP contribution in [0.2, 0.25) is 0 Å². The van der Waals surface area contributed by atoms with Crippen LogP contribution in [0.4, 0.5) is 10.5 Å². The molecule has 41 heavy (non-hydrogen) atoms. The summed E-state index contributed by atoms with van der Waals surface area (Å²) in [7, 11) is 0. The highest BCUT2D eigenvalue weighted by Gasteiger charge is 2.38. The molecule has 3 atom stereocenters. The number of aliphatic hydroxyl groups excluding tert-OH is 1. The van der Waals surface area contributed by atoms with Gasteiger partial charge in [0.05, 0.1) is 6.61 Å². The van der Waals surface area contributed by atoms with Crippen LogP contribution in [0, 0.1) is 18.3 Å². The van der Waals surface area contributed by atoms with Crippen molar-refractivity contribution in [1.82, 2.24) is 10.2 Å². The predicted octanol–water partition coefficient (Wildman–Crippen LogP) is 5.26. The minimum absolute atomic E-state index is 0.170. The average molecular weight is 558 g/mol. The highest BCUT2D eigenvalue weighted by atomic mass is 16.6. The van der Waals surface area contributed by atoms with E-state index in [1.807, 2.05) is 50.2 Å². The van der Waals surface area contributed by atoms with Crippen molar-refractivity contribution in [2.45, 2.75) is 58.7 Å². The van der Waals surface area contributed by atoms with Gasteiger partial charge in [0.2, 0.25) is 5.91 Å². The van der Waals surface area contributed by atoms with Gasteiger partial charge in [-0.3, -0.25) is 9.59 Å². The van der Waals surface area contributed by atoms with Gasteiger partial charge in [0.15, 0.2) is 0 Å². The lowest BCUT2D eigenvalue weighted by Gasteiger charge is -2.36. The molecule has 3 amide bonds. The van der Waals surface area contributed by atoms with Crippen LogP contribution in [0.1, 0.15) is 58.2 Å². The van der Waals surface area contributed by atoms with E-state index in [2.05, 4.69) is 16.6 Å². The quantitative estimate of drug-likeness (QED) is 0.295. The molecule has 0 radical (unpaired) electrons. The molecule has 0 saturated carbocycles. The lowest BCUT2D eigenvalue weighted by atomic mass is 9.94. The molecular weight excluding hydrogens is 518 g/mol. The van der Waals surface area contributed by atoms with E-state index in [4.69, 9.17) is 11.2 Å². The molecular formula is C33H39N3O5. The van der Waals surface area contributed by atoms with Gasteiger partial charge in [-0.25, -0.2) is 4.79 Å². The van der Waals surface area contributed by atoms with Gasteiger partial charge >= 0.3 is 6.09 Å². The van der Waals surface area contributed by atoms with Gasteiger partial charge < -0.3 is 25.4 Å². The van der Waals surface area contributed by atoms with Crippen molar-refractivity contribution < 1.29 is 24.2 Å². The first-order chi connectivity index (χ1) is 19.5. The number of nitrogens with one attached hydrogen (secondary N) is 2. The maximum atomic E-state index is 14.2. The van der Waals surface area contributed by atoms with E-state index in [0.29, 0.717) is 23.2 Å². The van der Waals surface area contributed by atoms with Crippen LogP contribution < -0.4 is 10.6 Å². The summed E-state index contributed by atoms with van der Waals surface area (Å²) in [6.45, 7) is 8.34. The Hall–Kier alpha value is -4.35. The van der Waals surface area contributed by atoms with Crippen LogP contribution >= 0.6 is 0 Å². The van der Waals surface area contributed by atoms with Gasteiger partial charge in [-0.1, -0.05) is 74.7 Å². The molecule has 0 aromatic heterocycles. The summed E-state index contributed by atoms with van der Waals surface area (Å²) in [4.78, 5) is 42.3. The second-order valence-corrected chi connectivity index (χ2v) is 10.9. The zero-order chi connectivity index (χ0) is 30.2. The molecule has 0 spiro atoms. The summed E-state index contributed by atoms with van der Waals surface area (Å²) in [5.41, 5.74) is 0.627. The summed E-state index contributed by atoms with van der Waals surface area (Å²) < 4.78 is 5.42. The second-order valence-electron chi connectivity index (χ2n) is 10.9. The molecule has 0 aliphatic heterocycles. The summed E-state index contributed by atoms with van der Waals surface area (Å²) in [6, 6.07) is 18.0. The third-order valence-electron chi connectivity index (χ3n) is 6.76. The molecule has 3 aromatic carbocycles. The van der Waals surface area contributed by atoms with Crippen molar-refractivity contribution in [2.75, 3.05) is 18.5 Å². The van der Waals surface area contributed by atoms with Crippen LogP contribution in [-0.4, -0.2) is 52.7 Å². The maximum Gasteiger partial charge on any atom is 0.408 e. The first-order valence-electron chi connectivity index (χ1n) is 13.7. The Morgan fingerprint density at radius 2 is 1.68 bits per heavy atom. The number of carbonyl (C=O) groups excluding carboxylic acids is 3. The van der Waals surface area contributed by atoms with Gasteiger partial charge in [-0.2, -0.15) is 0 Å². The molecule has 8 nitrogen and oxygen atoms in total. The first kappa shape index (κ1) is 31.2. The minimum atomic E-state index is -1.19. The zero-order valence-electron chi connectivity index (χ0n) is 24.3. The van der Waals surface area contributed by atoms with Gasteiger partial charge in [-0.15, -0.1) is 6.42 Å². The minimum Gasteiger partial charge on any atom is -0.444 e. The van der Waals surface area contributed by atoms with Crippen molar-refractivity contribution >= 4 is 34.4 Å². The van der Waals surface area contributed by atoms with Gasteiger partial charge in [0, 0.05) is 17.8 Å². The van der Waals surface area contributed by atoms with Crippen molar-refractivity contribution in [1.29, 1.82) is 0 Å². The number of benzene rings is 3. The molecule has 3 rings (SSSR count). The summed E-state index contributed by atoms with van der Waals surface area (Å²) in [6.07, 6.45) is 5.61. The Balaban J connectivity index is 2.06. The van der Waals surface area contributed by atoms with E-state index in [1.54, 1.807) is 51.1 Å². The molecule has 3 aromatic rings. The molecule has 3 N–H and O–H groups in total. The van der Waals surface area contributed by atoms with Crippen LogP contribution in [0.25, 0.3) is 10.8 Å². The summed E-state index contributed by atoms with van der Waals surface area (Å²) in [5, 5.41) is 17.6. The van der Waals surface area contributed by atoms with Crippen LogP contribution in [-0.2, 0) is 14.3 Å². The van der Waals surface area contributed by atoms with Crippen molar-refractivity contribution in [3.05, 3.63) is 77.9 Å². The standard InChI is InChI=1S/C33H39N3O5/c1-7-22(3)28(35-32(40)41-33(4,5)6)31(39)36(19-20-37)29(27-16-12-11-13-23(27)8-2)30(38)34-26-18-17-24-14-9-10-15-25(24)21-26/h2,9-18,21-22,28-29,37H,7,19-20H2,1,3-6H3,(H,34,38)(H,35,40). The number of nitrogens with zero attached hydrogens (tertiary/aromatic N) is 1. The number of anilines is 1. The van der Waals surface area contributed by atoms with E-state index in [-0.39, 0.29) is 12.5 Å². The van der Waals surface area contributed by atoms with Crippen molar-refractivity contribution in [3.8, 4) is 12.3 Å². The molecule has 0 saturated heterocycles. The fourth-order valence-electron chi connectivity index (χ4n) is 4.57. The number of hydrogen-bond acceptors (Lipinski definition) is 5. The van der Waals surface area contributed by atoms with E-state index in [1.165, 1.54) is 4.90 Å². The Kier molecular flexibility index (Phi) is 10.5. The molecule has 0 aliphatic carbocycles. The van der Waals surface area contributed by atoms with E-state index in [9.17, 15) is 19.5 Å². The third-order valence-corrected chi connectivity index (χ3v) is 6.76. The van der Waals surface area contributed by atoms with Crippen LogP contribution in [0.3, 0.4) is 0 Å². The molecule has 0 heterocycles. The maximum absolute atomic E-state index is 14.2. The molecule has 8 heteroatoms. The fourth-order valence-corrected chi connectivity index (χ4v) is 4.57. The van der Waals surface area contributed by atoms with E-state index < -0.39 is 42.2 Å². The Bertz CT molecular complexity index is 1420.